The van der Waals surface area contributed by atoms with Gasteiger partial charge in [-0.05, 0) is 44.9 Å². The number of ketones is 3. The maximum absolute atomic E-state index is 12.8. The van der Waals surface area contributed by atoms with Gasteiger partial charge in [0.25, 0.3) is 0 Å². The van der Waals surface area contributed by atoms with Gasteiger partial charge >= 0.3 is 0 Å². The summed E-state index contributed by atoms with van der Waals surface area (Å²) in [5.41, 5.74) is 0.958. The Hall–Kier alpha value is -2.59. The van der Waals surface area contributed by atoms with Crippen molar-refractivity contribution in [2.75, 3.05) is 72.0 Å². The van der Waals surface area contributed by atoms with E-state index in [1.54, 1.807) is 32.9 Å². The Morgan fingerprint density at radius 2 is 1.19 bits per heavy atom. The van der Waals surface area contributed by atoms with Crippen molar-refractivity contribution in [2.45, 2.75) is 33.2 Å². The lowest BCUT2D eigenvalue weighted by Crippen LogP contribution is -2.51. The molecule has 1 heterocycles. The molecule has 0 bridgehead atoms. The average molecular weight is 503 g/mol. The van der Waals surface area contributed by atoms with Crippen molar-refractivity contribution in [1.82, 2.24) is 19.6 Å². The molecule has 1 aromatic rings. The van der Waals surface area contributed by atoms with E-state index in [0.717, 1.165) is 5.56 Å². The van der Waals surface area contributed by atoms with E-state index >= 15 is 0 Å². The summed E-state index contributed by atoms with van der Waals surface area (Å²) in [4.78, 5) is 45.1. The second kappa shape index (κ2) is 14.8. The van der Waals surface area contributed by atoms with E-state index in [1.165, 1.54) is 0 Å². The van der Waals surface area contributed by atoms with E-state index in [0.29, 0.717) is 78.4 Å². The summed E-state index contributed by atoms with van der Waals surface area (Å²) in [6, 6.07) is 6.55. The van der Waals surface area contributed by atoms with Gasteiger partial charge in [0.05, 0.1) is 31.4 Å². The van der Waals surface area contributed by atoms with Crippen LogP contribution < -0.4 is 0 Å². The van der Waals surface area contributed by atoms with Crippen molar-refractivity contribution in [3.63, 3.8) is 0 Å². The zero-order chi connectivity index (χ0) is 26.7. The highest BCUT2D eigenvalue weighted by Gasteiger charge is 2.26. The number of aliphatic hydroxyl groups is 1. The first kappa shape index (κ1) is 29.6. The van der Waals surface area contributed by atoms with E-state index in [4.69, 9.17) is 0 Å². The number of aliphatic hydroxyl groups excluding tert-OH is 1. The minimum atomic E-state index is -0.356. The third-order valence-corrected chi connectivity index (χ3v) is 6.45. The third kappa shape index (κ3) is 11.0. The molecule has 0 aromatic heterocycles. The predicted molar refractivity (Wildman–Crippen MR) is 140 cm³/mol. The van der Waals surface area contributed by atoms with Gasteiger partial charge in [0.1, 0.15) is 23.1 Å². The molecular weight excluding hydrogens is 460 g/mol. The lowest BCUT2D eigenvalue weighted by molar-refractivity contribution is -0.123. The number of Topliss-reactive ketones (excluding diaryl/α,β-unsaturated/α-hetero) is 3. The molecule has 1 unspecified atom stereocenters. The Balaban J connectivity index is 2.28. The van der Waals surface area contributed by atoms with Crippen LogP contribution in [0, 0.1) is 0 Å². The van der Waals surface area contributed by atoms with Crippen molar-refractivity contribution in [2.24, 2.45) is 0 Å². The quantitative estimate of drug-likeness (QED) is 0.459. The summed E-state index contributed by atoms with van der Waals surface area (Å²) < 4.78 is 0. The average Bonchev–Trinajstić information content (AvgIpc) is 2.78. The molecule has 1 atom stereocenters. The van der Waals surface area contributed by atoms with Crippen LogP contribution in [-0.4, -0.2) is 125 Å². The lowest BCUT2D eigenvalue weighted by atomic mass is 10.0. The van der Waals surface area contributed by atoms with Crippen LogP contribution in [0.1, 0.15) is 26.3 Å². The molecule has 0 saturated carbocycles. The molecule has 9 heteroatoms. The number of aromatic hydroxyl groups is 1. The molecule has 1 aromatic carbocycles. The van der Waals surface area contributed by atoms with Crippen LogP contribution in [0.2, 0.25) is 0 Å². The summed E-state index contributed by atoms with van der Waals surface area (Å²) in [5.74, 6) is 0.475. The summed E-state index contributed by atoms with van der Waals surface area (Å²) in [5, 5.41) is 19.4. The molecule has 0 radical (unpaired) electrons. The summed E-state index contributed by atoms with van der Waals surface area (Å²) in [7, 11) is 0. The first-order valence-electron chi connectivity index (χ1n) is 12.6. The predicted octanol–water partition coefficient (Wildman–Crippen LogP) is 1.36. The molecule has 1 aliphatic heterocycles. The van der Waals surface area contributed by atoms with Gasteiger partial charge in [-0.1, -0.05) is 18.7 Å². The van der Waals surface area contributed by atoms with Crippen LogP contribution in [0.5, 0.6) is 5.75 Å². The number of carbonyl (C=O) groups excluding carboxylic acids is 3. The zero-order valence-corrected chi connectivity index (χ0v) is 22.0. The second-order valence-corrected chi connectivity index (χ2v) is 9.83. The SMILES string of the molecule is C=C(O)CN1CCN(CC(C)=O)CCN(C(Cc2ccc(O)cc2)C(C)=O)CCN(CC(C)=O)CC1. The molecule has 200 valence electrons. The van der Waals surface area contributed by atoms with Gasteiger partial charge in [-0.2, -0.15) is 0 Å². The van der Waals surface area contributed by atoms with Crippen LogP contribution in [-0.2, 0) is 20.8 Å². The standard InChI is InChI=1S/C27H42N4O5/c1-21(32)18-28-9-11-29(19-22(2)33)13-15-31(16-14-30(12-10-28)20-23(3)34)27(24(4)35)17-25-5-7-26(36)8-6-25/h5-8,27,32,36H,1,9-20H2,2-4H3. The van der Waals surface area contributed by atoms with Crippen LogP contribution in [0.15, 0.2) is 36.6 Å². The number of hydrogen-bond acceptors (Lipinski definition) is 9. The van der Waals surface area contributed by atoms with Gasteiger partial charge in [0, 0.05) is 52.4 Å². The van der Waals surface area contributed by atoms with Crippen LogP contribution in [0.25, 0.3) is 0 Å². The molecule has 1 fully saturated rings. The van der Waals surface area contributed by atoms with Crippen molar-refractivity contribution < 1.29 is 24.6 Å². The third-order valence-electron chi connectivity index (χ3n) is 6.45. The highest BCUT2D eigenvalue weighted by molar-refractivity contribution is 5.82. The molecule has 2 N–H and O–H groups in total. The van der Waals surface area contributed by atoms with Gasteiger partial charge in [0.15, 0.2) is 0 Å². The molecule has 9 nitrogen and oxygen atoms in total. The largest absolute Gasteiger partial charge is 0.512 e. The van der Waals surface area contributed by atoms with E-state index in [2.05, 4.69) is 26.2 Å². The fourth-order valence-corrected chi connectivity index (χ4v) is 4.61. The molecular formula is C27H42N4O5. The van der Waals surface area contributed by atoms with Gasteiger partial charge in [0.2, 0.25) is 0 Å². The van der Waals surface area contributed by atoms with Gasteiger partial charge in [-0.3, -0.25) is 34.0 Å². The molecule has 1 saturated heterocycles. The van der Waals surface area contributed by atoms with Crippen molar-refractivity contribution in [1.29, 1.82) is 0 Å². The normalized spacial score (nSPS) is 18.6. The second-order valence-electron chi connectivity index (χ2n) is 9.83. The number of nitrogens with zero attached hydrogens (tertiary/aromatic N) is 4. The maximum Gasteiger partial charge on any atom is 0.147 e. The summed E-state index contributed by atoms with van der Waals surface area (Å²) >= 11 is 0. The number of hydrogen-bond donors (Lipinski definition) is 2. The first-order chi connectivity index (χ1) is 17.0. The molecule has 0 aliphatic carbocycles. The molecule has 36 heavy (non-hydrogen) atoms. The van der Waals surface area contributed by atoms with Gasteiger partial charge in [-0.25, -0.2) is 0 Å². The van der Waals surface area contributed by atoms with Crippen LogP contribution in [0.4, 0.5) is 0 Å². The van der Waals surface area contributed by atoms with Crippen LogP contribution in [0.3, 0.4) is 0 Å². The van der Waals surface area contributed by atoms with Crippen LogP contribution >= 0.6 is 0 Å². The highest BCUT2D eigenvalue weighted by atomic mass is 16.3. The minimum absolute atomic E-state index is 0.0547. The number of carbonyl (C=O) groups is 3. The monoisotopic (exact) mass is 502 g/mol. The summed E-state index contributed by atoms with van der Waals surface area (Å²) in [6.07, 6.45) is 0.515. The first-order valence-corrected chi connectivity index (χ1v) is 12.6. The fraction of sp³-hybridized carbons (Fsp3) is 0.593. The number of rotatable bonds is 10. The molecule has 1 aliphatic rings. The van der Waals surface area contributed by atoms with Crippen molar-refractivity contribution in [3.8, 4) is 5.75 Å². The van der Waals surface area contributed by atoms with E-state index < -0.39 is 0 Å². The van der Waals surface area contributed by atoms with Crippen molar-refractivity contribution >= 4 is 17.3 Å². The highest BCUT2D eigenvalue weighted by Crippen LogP contribution is 2.15. The smallest absolute Gasteiger partial charge is 0.147 e. The lowest BCUT2D eigenvalue weighted by Gasteiger charge is -2.36. The Kier molecular flexibility index (Phi) is 12.2. The number of phenols is 1. The number of phenolic OH excluding ortho intramolecular Hbond substituents is 1. The molecule has 2 rings (SSSR count). The van der Waals surface area contributed by atoms with E-state index in [-0.39, 0.29) is 34.9 Å². The van der Waals surface area contributed by atoms with Gasteiger partial charge < -0.3 is 10.2 Å². The van der Waals surface area contributed by atoms with E-state index in [1.807, 2.05) is 12.1 Å². The zero-order valence-electron chi connectivity index (χ0n) is 22.0. The maximum atomic E-state index is 12.8. The fourth-order valence-electron chi connectivity index (χ4n) is 4.61. The Labute approximate surface area is 215 Å². The Morgan fingerprint density at radius 3 is 1.58 bits per heavy atom. The number of benzene rings is 1. The van der Waals surface area contributed by atoms with Crippen molar-refractivity contribution in [3.05, 3.63) is 42.2 Å². The summed E-state index contributed by atoms with van der Waals surface area (Å²) in [6.45, 7) is 14.3. The van der Waals surface area contributed by atoms with Gasteiger partial charge in [-0.15, -0.1) is 0 Å². The van der Waals surface area contributed by atoms with E-state index in [9.17, 15) is 24.6 Å². The molecule has 0 amide bonds. The minimum Gasteiger partial charge on any atom is -0.512 e. The Bertz CT molecular complexity index is 857. The Morgan fingerprint density at radius 1 is 0.778 bits per heavy atom. The topological polar surface area (TPSA) is 105 Å². The molecule has 0 spiro atoms.